The normalized spacial score (nSPS) is 12.5. The van der Waals surface area contributed by atoms with Gasteiger partial charge < -0.3 is 5.32 Å². The van der Waals surface area contributed by atoms with Gasteiger partial charge in [-0.1, -0.05) is 12.1 Å². The zero-order chi connectivity index (χ0) is 15.7. The highest BCUT2D eigenvalue weighted by atomic mass is 127. The minimum absolute atomic E-state index is 0.248. The molecule has 1 N–H and O–H groups in total. The topological polar surface area (TPSA) is 12.0 Å². The zero-order valence-corrected chi connectivity index (χ0v) is 15.9. The lowest BCUT2D eigenvalue weighted by molar-refractivity contribution is 0.680. The lowest BCUT2D eigenvalue weighted by Crippen LogP contribution is -2.21. The fourth-order valence-corrected chi connectivity index (χ4v) is 3.69. The van der Waals surface area contributed by atoms with E-state index in [1.807, 2.05) is 7.05 Å². The molecule has 21 heavy (non-hydrogen) atoms. The Morgan fingerprint density at radius 1 is 0.857 bits per heavy atom. The third kappa shape index (κ3) is 3.02. The van der Waals surface area contributed by atoms with Gasteiger partial charge in [0.1, 0.15) is 0 Å². The van der Waals surface area contributed by atoms with Crippen molar-refractivity contribution >= 4 is 22.6 Å². The zero-order valence-electron chi connectivity index (χ0n) is 13.8. The van der Waals surface area contributed by atoms with Crippen LogP contribution in [0.15, 0.2) is 24.3 Å². The maximum absolute atomic E-state index is 3.51. The molecule has 112 valence electrons. The van der Waals surface area contributed by atoms with E-state index in [0.717, 1.165) is 0 Å². The Morgan fingerprint density at radius 2 is 1.38 bits per heavy atom. The minimum Gasteiger partial charge on any atom is -0.309 e. The highest BCUT2D eigenvalue weighted by Crippen LogP contribution is 2.33. The third-order valence-electron chi connectivity index (χ3n) is 4.82. The molecule has 0 fully saturated rings. The largest absolute Gasteiger partial charge is 0.309 e. The maximum atomic E-state index is 3.51. The predicted octanol–water partition coefficient (Wildman–Crippen LogP) is 5.14. The molecule has 0 aliphatic rings. The maximum Gasteiger partial charge on any atom is 0.0580 e. The van der Waals surface area contributed by atoms with Crippen LogP contribution < -0.4 is 5.32 Å². The van der Waals surface area contributed by atoms with Crippen LogP contribution in [-0.4, -0.2) is 7.05 Å². The van der Waals surface area contributed by atoms with E-state index in [9.17, 15) is 0 Å². The summed E-state index contributed by atoms with van der Waals surface area (Å²) >= 11 is 2.38. The van der Waals surface area contributed by atoms with Crippen LogP contribution in [0.3, 0.4) is 0 Å². The smallest absolute Gasteiger partial charge is 0.0580 e. The molecule has 0 amide bonds. The van der Waals surface area contributed by atoms with E-state index in [1.165, 1.54) is 42.5 Å². The van der Waals surface area contributed by atoms with Gasteiger partial charge in [0.25, 0.3) is 0 Å². The summed E-state index contributed by atoms with van der Waals surface area (Å²) in [6.45, 7) is 11.2. The second kappa shape index (κ2) is 6.49. The van der Waals surface area contributed by atoms with Gasteiger partial charge in [-0.3, -0.25) is 0 Å². The number of hydrogen-bond acceptors (Lipinski definition) is 1. The van der Waals surface area contributed by atoms with E-state index in [-0.39, 0.29) is 6.04 Å². The third-order valence-corrected chi connectivity index (χ3v) is 5.49. The molecule has 0 heterocycles. The highest BCUT2D eigenvalue weighted by Gasteiger charge is 2.20. The lowest BCUT2D eigenvalue weighted by atomic mass is 9.84. The summed E-state index contributed by atoms with van der Waals surface area (Å²) in [5.41, 5.74) is 9.84. The van der Waals surface area contributed by atoms with Gasteiger partial charge in [0.15, 0.2) is 0 Å². The van der Waals surface area contributed by atoms with E-state index < -0.39 is 0 Å². The van der Waals surface area contributed by atoms with Gasteiger partial charge in [-0.05, 0) is 115 Å². The molecule has 2 heteroatoms. The molecule has 0 saturated heterocycles. The van der Waals surface area contributed by atoms with Crippen molar-refractivity contribution in [3.05, 3.63) is 66.8 Å². The molecular weight excluding hydrogens is 369 g/mol. The van der Waals surface area contributed by atoms with Crippen LogP contribution in [0.1, 0.15) is 45.0 Å². The Morgan fingerprint density at radius 3 is 1.86 bits per heavy atom. The molecular formula is C19H24IN. The number of benzene rings is 2. The van der Waals surface area contributed by atoms with E-state index in [4.69, 9.17) is 0 Å². The Balaban J connectivity index is 2.69. The molecule has 0 aliphatic heterocycles. The number of nitrogens with one attached hydrogen (secondary N) is 1. The van der Waals surface area contributed by atoms with Crippen molar-refractivity contribution in [1.29, 1.82) is 0 Å². The predicted molar refractivity (Wildman–Crippen MR) is 100 cm³/mol. The van der Waals surface area contributed by atoms with Crippen LogP contribution >= 0.6 is 22.6 Å². The summed E-state index contributed by atoms with van der Waals surface area (Å²) in [7, 11) is 2.05. The average Bonchev–Trinajstić information content (AvgIpc) is 2.47. The molecule has 0 bridgehead atoms. The fourth-order valence-electron chi connectivity index (χ4n) is 3.13. The molecule has 1 nitrogen and oxygen atoms in total. The molecule has 2 rings (SSSR count). The first kappa shape index (κ1) is 16.5. The van der Waals surface area contributed by atoms with Crippen molar-refractivity contribution in [3.63, 3.8) is 0 Å². The van der Waals surface area contributed by atoms with E-state index in [1.54, 1.807) is 0 Å². The van der Waals surface area contributed by atoms with Gasteiger partial charge in [0.2, 0.25) is 0 Å². The second-order valence-electron chi connectivity index (χ2n) is 5.82. The molecule has 0 radical (unpaired) electrons. The Labute approximate surface area is 142 Å². The van der Waals surface area contributed by atoms with E-state index in [0.29, 0.717) is 0 Å². The Bertz CT molecular complexity index is 645. The van der Waals surface area contributed by atoms with Gasteiger partial charge in [-0.15, -0.1) is 0 Å². The second-order valence-corrected chi connectivity index (χ2v) is 7.06. The van der Waals surface area contributed by atoms with Crippen LogP contribution in [0, 0.1) is 38.2 Å². The van der Waals surface area contributed by atoms with Gasteiger partial charge in [0.05, 0.1) is 6.04 Å². The van der Waals surface area contributed by atoms with Crippen molar-refractivity contribution in [2.75, 3.05) is 7.05 Å². The monoisotopic (exact) mass is 393 g/mol. The minimum atomic E-state index is 0.248. The number of rotatable bonds is 3. The quantitative estimate of drug-likeness (QED) is 0.712. The van der Waals surface area contributed by atoms with Crippen molar-refractivity contribution < 1.29 is 0 Å². The number of hydrogen-bond donors (Lipinski definition) is 1. The fraction of sp³-hybridized carbons (Fsp3) is 0.368. The molecule has 1 atom stereocenters. The number of halogens is 1. The highest BCUT2D eigenvalue weighted by molar-refractivity contribution is 14.1. The summed E-state index contributed by atoms with van der Waals surface area (Å²) in [4.78, 5) is 0. The lowest BCUT2D eigenvalue weighted by Gasteiger charge is -2.26. The molecule has 0 aromatic heterocycles. The van der Waals surface area contributed by atoms with Gasteiger partial charge in [-0.2, -0.15) is 0 Å². The van der Waals surface area contributed by atoms with Crippen LogP contribution in [0.4, 0.5) is 0 Å². The first-order chi connectivity index (χ1) is 9.88. The first-order valence-corrected chi connectivity index (χ1v) is 8.46. The molecule has 2 aromatic rings. The first-order valence-electron chi connectivity index (χ1n) is 7.38. The van der Waals surface area contributed by atoms with Crippen LogP contribution in [-0.2, 0) is 0 Å². The van der Waals surface area contributed by atoms with Gasteiger partial charge in [0, 0.05) is 3.57 Å². The average molecular weight is 393 g/mol. The van der Waals surface area contributed by atoms with Crippen molar-refractivity contribution in [2.45, 2.75) is 40.7 Å². The summed E-state index contributed by atoms with van der Waals surface area (Å²) in [6.07, 6.45) is 0. The van der Waals surface area contributed by atoms with E-state index >= 15 is 0 Å². The van der Waals surface area contributed by atoms with Crippen molar-refractivity contribution in [2.24, 2.45) is 0 Å². The summed E-state index contributed by atoms with van der Waals surface area (Å²) in [5, 5.41) is 3.51. The van der Waals surface area contributed by atoms with E-state index in [2.05, 4.69) is 86.8 Å². The van der Waals surface area contributed by atoms with Crippen LogP contribution in [0.25, 0.3) is 0 Å². The molecule has 0 saturated carbocycles. The Kier molecular flexibility index (Phi) is 5.10. The van der Waals surface area contributed by atoms with Gasteiger partial charge in [-0.25, -0.2) is 0 Å². The summed E-state index contributed by atoms with van der Waals surface area (Å²) < 4.78 is 1.28. The van der Waals surface area contributed by atoms with Crippen molar-refractivity contribution in [1.82, 2.24) is 5.32 Å². The molecule has 0 aliphatic carbocycles. The summed E-state index contributed by atoms with van der Waals surface area (Å²) in [5.74, 6) is 0. The van der Waals surface area contributed by atoms with Crippen molar-refractivity contribution in [3.8, 4) is 0 Å². The molecule has 0 spiro atoms. The molecule has 2 aromatic carbocycles. The standard InChI is InChI=1S/C19H24IN/c1-11-12(2)14(4)18(15(5)13(11)3)19(21-6)16-8-7-9-17(20)10-16/h7-10,19,21H,1-6H3. The van der Waals surface area contributed by atoms with Gasteiger partial charge >= 0.3 is 0 Å². The Hall–Kier alpha value is -0.870. The van der Waals surface area contributed by atoms with Crippen LogP contribution in [0.2, 0.25) is 0 Å². The molecule has 1 unspecified atom stereocenters. The van der Waals surface area contributed by atoms with Crippen LogP contribution in [0.5, 0.6) is 0 Å². The SMILES string of the molecule is CNC(c1cccc(I)c1)c1c(C)c(C)c(C)c(C)c1C. The summed E-state index contributed by atoms with van der Waals surface area (Å²) in [6, 6.07) is 9.01.